The largest absolute Gasteiger partial charge is 0.350 e. The second kappa shape index (κ2) is 7.04. The standard InChI is InChI=1S/C18H17FN4O/c1-13-21-18(15-5-3-2-4-6-15)23(22-13)12-17(24)20-11-14-7-9-16(19)10-8-14/h2-10H,11-12H2,1H3,(H,20,24). The lowest BCUT2D eigenvalue weighted by Crippen LogP contribution is -2.27. The van der Waals surface area contributed by atoms with E-state index >= 15 is 0 Å². The summed E-state index contributed by atoms with van der Waals surface area (Å²) < 4.78 is 14.5. The first-order valence-electron chi connectivity index (χ1n) is 7.60. The van der Waals surface area contributed by atoms with Crippen molar-refractivity contribution >= 4 is 5.91 Å². The van der Waals surface area contributed by atoms with Gasteiger partial charge in [0.05, 0.1) is 0 Å². The van der Waals surface area contributed by atoms with Gasteiger partial charge in [-0.3, -0.25) is 4.79 Å². The smallest absolute Gasteiger partial charge is 0.242 e. The highest BCUT2D eigenvalue weighted by molar-refractivity contribution is 5.76. The normalized spacial score (nSPS) is 10.6. The van der Waals surface area contributed by atoms with Gasteiger partial charge < -0.3 is 5.32 Å². The summed E-state index contributed by atoms with van der Waals surface area (Å²) in [5, 5.41) is 7.09. The van der Waals surface area contributed by atoms with Crippen molar-refractivity contribution in [3.8, 4) is 11.4 Å². The molecule has 1 aromatic heterocycles. The van der Waals surface area contributed by atoms with Crippen molar-refractivity contribution in [1.82, 2.24) is 20.1 Å². The Morgan fingerprint density at radius 1 is 1.12 bits per heavy atom. The van der Waals surface area contributed by atoms with Gasteiger partial charge in [0.1, 0.15) is 18.2 Å². The van der Waals surface area contributed by atoms with Gasteiger partial charge in [-0.25, -0.2) is 14.1 Å². The Morgan fingerprint density at radius 3 is 2.54 bits per heavy atom. The second-order valence-electron chi connectivity index (χ2n) is 5.41. The lowest BCUT2D eigenvalue weighted by Gasteiger charge is -2.08. The number of benzene rings is 2. The summed E-state index contributed by atoms with van der Waals surface area (Å²) in [7, 11) is 0. The summed E-state index contributed by atoms with van der Waals surface area (Å²) in [6.45, 7) is 2.21. The van der Waals surface area contributed by atoms with Gasteiger partial charge in [0.25, 0.3) is 0 Å². The van der Waals surface area contributed by atoms with Gasteiger partial charge in [-0.15, -0.1) is 0 Å². The zero-order valence-electron chi connectivity index (χ0n) is 13.2. The Kier molecular flexibility index (Phi) is 4.65. The fraction of sp³-hybridized carbons (Fsp3) is 0.167. The predicted octanol–water partition coefficient (Wildman–Crippen LogP) is 2.71. The molecule has 0 spiro atoms. The quantitative estimate of drug-likeness (QED) is 0.785. The zero-order valence-corrected chi connectivity index (χ0v) is 13.2. The van der Waals surface area contributed by atoms with Gasteiger partial charge >= 0.3 is 0 Å². The van der Waals surface area contributed by atoms with Crippen molar-refractivity contribution in [2.45, 2.75) is 20.0 Å². The molecule has 0 unspecified atom stereocenters. The van der Waals surface area contributed by atoms with Crippen LogP contribution in [0.4, 0.5) is 4.39 Å². The van der Waals surface area contributed by atoms with Crippen LogP contribution < -0.4 is 5.32 Å². The van der Waals surface area contributed by atoms with Crippen LogP contribution in [0.15, 0.2) is 54.6 Å². The first-order valence-corrected chi connectivity index (χ1v) is 7.60. The number of nitrogens with one attached hydrogen (secondary N) is 1. The Bertz CT molecular complexity index is 828. The van der Waals surface area contributed by atoms with E-state index < -0.39 is 0 Å². The molecule has 3 rings (SSSR count). The number of halogens is 1. The van der Waals surface area contributed by atoms with Gasteiger partial charge in [0, 0.05) is 12.1 Å². The molecule has 0 fully saturated rings. The number of rotatable bonds is 5. The minimum Gasteiger partial charge on any atom is -0.350 e. The third-order valence-electron chi connectivity index (χ3n) is 3.51. The van der Waals surface area contributed by atoms with Gasteiger partial charge in [-0.1, -0.05) is 42.5 Å². The topological polar surface area (TPSA) is 59.8 Å². The third kappa shape index (κ3) is 3.84. The minimum absolute atomic E-state index is 0.0757. The SMILES string of the molecule is Cc1nc(-c2ccccc2)n(CC(=O)NCc2ccc(F)cc2)n1. The number of hydrogen-bond acceptors (Lipinski definition) is 3. The van der Waals surface area contributed by atoms with Crippen LogP contribution in [0.1, 0.15) is 11.4 Å². The maximum Gasteiger partial charge on any atom is 0.242 e. The van der Waals surface area contributed by atoms with Crippen LogP contribution >= 0.6 is 0 Å². The number of aromatic nitrogens is 3. The van der Waals surface area contributed by atoms with Gasteiger partial charge in [0.2, 0.25) is 5.91 Å². The molecular weight excluding hydrogens is 307 g/mol. The fourth-order valence-corrected chi connectivity index (χ4v) is 2.36. The van der Waals surface area contributed by atoms with Crippen LogP contribution in [0.2, 0.25) is 0 Å². The van der Waals surface area contributed by atoms with E-state index in [-0.39, 0.29) is 18.3 Å². The van der Waals surface area contributed by atoms with Crippen LogP contribution in [0, 0.1) is 12.7 Å². The number of amides is 1. The molecule has 2 aromatic carbocycles. The van der Waals surface area contributed by atoms with E-state index in [9.17, 15) is 9.18 Å². The Labute approximate surface area is 139 Å². The third-order valence-corrected chi connectivity index (χ3v) is 3.51. The molecule has 0 saturated heterocycles. The lowest BCUT2D eigenvalue weighted by molar-refractivity contribution is -0.122. The molecule has 3 aromatic rings. The molecule has 0 aliphatic carbocycles. The van der Waals surface area contributed by atoms with E-state index in [4.69, 9.17) is 0 Å². The van der Waals surface area contributed by atoms with Crippen molar-refractivity contribution in [2.75, 3.05) is 0 Å². The first kappa shape index (κ1) is 15.9. The number of hydrogen-bond donors (Lipinski definition) is 1. The van der Waals surface area contributed by atoms with Crippen molar-refractivity contribution in [3.05, 3.63) is 71.8 Å². The highest BCUT2D eigenvalue weighted by atomic mass is 19.1. The first-order chi connectivity index (χ1) is 11.6. The van der Waals surface area contributed by atoms with Crippen LogP contribution in [-0.2, 0) is 17.9 Å². The molecule has 0 aliphatic heterocycles. The molecule has 0 atom stereocenters. The monoisotopic (exact) mass is 324 g/mol. The molecule has 0 aliphatic rings. The van der Waals surface area contributed by atoms with E-state index in [1.165, 1.54) is 12.1 Å². The Hall–Kier alpha value is -3.02. The number of carbonyl (C=O) groups is 1. The number of aryl methyl sites for hydroxylation is 1. The summed E-state index contributed by atoms with van der Waals surface area (Å²) in [5.74, 6) is 0.794. The van der Waals surface area contributed by atoms with Crippen molar-refractivity contribution in [3.63, 3.8) is 0 Å². The van der Waals surface area contributed by atoms with Crippen LogP contribution in [0.5, 0.6) is 0 Å². The molecule has 6 heteroatoms. The van der Waals surface area contributed by atoms with Gasteiger partial charge in [-0.05, 0) is 24.6 Å². The molecule has 1 amide bonds. The molecule has 1 N–H and O–H groups in total. The number of carbonyl (C=O) groups excluding carboxylic acids is 1. The van der Waals surface area contributed by atoms with Gasteiger partial charge in [-0.2, -0.15) is 5.10 Å². The predicted molar refractivity (Wildman–Crippen MR) is 88.4 cm³/mol. The van der Waals surface area contributed by atoms with E-state index in [1.807, 2.05) is 30.3 Å². The van der Waals surface area contributed by atoms with Crippen molar-refractivity contribution in [2.24, 2.45) is 0 Å². The highest BCUT2D eigenvalue weighted by Crippen LogP contribution is 2.16. The maximum absolute atomic E-state index is 12.9. The second-order valence-corrected chi connectivity index (χ2v) is 5.41. The highest BCUT2D eigenvalue weighted by Gasteiger charge is 2.12. The number of nitrogens with zero attached hydrogens (tertiary/aromatic N) is 3. The zero-order chi connectivity index (χ0) is 16.9. The van der Waals surface area contributed by atoms with E-state index in [0.29, 0.717) is 18.2 Å². The molecule has 0 radical (unpaired) electrons. The average molecular weight is 324 g/mol. The molecule has 122 valence electrons. The minimum atomic E-state index is -0.296. The Balaban J connectivity index is 1.67. The summed E-state index contributed by atoms with van der Waals surface area (Å²) in [5.41, 5.74) is 1.74. The fourth-order valence-electron chi connectivity index (χ4n) is 2.36. The van der Waals surface area contributed by atoms with E-state index in [0.717, 1.165) is 11.1 Å². The summed E-state index contributed by atoms with van der Waals surface area (Å²) >= 11 is 0. The molecule has 1 heterocycles. The van der Waals surface area contributed by atoms with Gasteiger partial charge in [0.15, 0.2) is 5.82 Å². The molecule has 0 saturated carbocycles. The summed E-state index contributed by atoms with van der Waals surface area (Å²) in [6.07, 6.45) is 0. The molecule has 0 bridgehead atoms. The molecular formula is C18H17FN4O. The van der Waals surface area contributed by atoms with Crippen LogP contribution in [-0.4, -0.2) is 20.7 Å². The maximum atomic E-state index is 12.9. The summed E-state index contributed by atoms with van der Waals surface area (Å²) in [4.78, 5) is 16.6. The molecule has 24 heavy (non-hydrogen) atoms. The average Bonchev–Trinajstić information content (AvgIpc) is 2.95. The summed E-state index contributed by atoms with van der Waals surface area (Å²) in [6, 6.07) is 15.6. The van der Waals surface area contributed by atoms with Crippen molar-refractivity contribution < 1.29 is 9.18 Å². The Morgan fingerprint density at radius 2 is 1.83 bits per heavy atom. The van der Waals surface area contributed by atoms with Crippen molar-refractivity contribution in [1.29, 1.82) is 0 Å². The lowest BCUT2D eigenvalue weighted by atomic mass is 10.2. The van der Waals surface area contributed by atoms with E-state index in [2.05, 4.69) is 15.4 Å². The van der Waals surface area contributed by atoms with Crippen LogP contribution in [0.25, 0.3) is 11.4 Å². The van der Waals surface area contributed by atoms with Crippen LogP contribution in [0.3, 0.4) is 0 Å². The molecule has 5 nitrogen and oxygen atoms in total. The van der Waals surface area contributed by atoms with E-state index in [1.54, 1.807) is 23.7 Å².